The van der Waals surface area contributed by atoms with Crippen molar-refractivity contribution < 1.29 is 27.8 Å². The van der Waals surface area contributed by atoms with E-state index in [1.165, 1.54) is 103 Å². The molecule has 0 aliphatic carbocycles. The highest BCUT2D eigenvalue weighted by Gasteiger charge is 2.30. The summed E-state index contributed by atoms with van der Waals surface area (Å²) in [6.45, 7) is 5.63. The molecular weight excluding hydrogens is 712 g/mol. The van der Waals surface area contributed by atoms with E-state index in [0.717, 1.165) is 25.7 Å². The largest absolute Gasteiger partial charge is 0.494 e. The number of benzene rings is 3. The summed E-state index contributed by atoms with van der Waals surface area (Å²) in [6.07, 6.45) is 24.7. The second-order valence-corrected chi connectivity index (χ2v) is 14.7. The fraction of sp³-hybridized carbons (Fsp3) is 0.522. The fourth-order valence-electron chi connectivity index (χ4n) is 7.06. The molecule has 0 unspecified atom stereocenters. The van der Waals surface area contributed by atoms with Gasteiger partial charge in [-0.1, -0.05) is 129 Å². The first-order valence-corrected chi connectivity index (χ1v) is 21.0. The number of rotatable bonds is 28. The molecule has 0 aliphatic heterocycles. The van der Waals surface area contributed by atoms with E-state index in [-0.39, 0.29) is 44.5 Å². The zero-order valence-corrected chi connectivity index (χ0v) is 33.3. The van der Waals surface area contributed by atoms with Gasteiger partial charge in [-0.25, -0.2) is 19.2 Å². The van der Waals surface area contributed by atoms with Crippen LogP contribution in [0, 0.1) is 0 Å². The second-order valence-electron chi connectivity index (χ2n) is 14.7. The highest BCUT2D eigenvalue weighted by molar-refractivity contribution is 6.10. The molecule has 5 rings (SSSR count). The van der Waals surface area contributed by atoms with Crippen molar-refractivity contribution in [3.05, 3.63) is 90.2 Å². The Bertz CT molecular complexity index is 1890. The lowest BCUT2D eigenvalue weighted by atomic mass is 10.1. The van der Waals surface area contributed by atoms with E-state index >= 15 is 0 Å². The molecule has 2 heterocycles. The van der Waals surface area contributed by atoms with Gasteiger partial charge in [-0.3, -0.25) is 0 Å². The van der Waals surface area contributed by atoms with Crippen molar-refractivity contribution in [2.75, 3.05) is 13.2 Å². The zero-order chi connectivity index (χ0) is 39.5. The van der Waals surface area contributed by atoms with Crippen LogP contribution in [0.3, 0.4) is 0 Å². The molecule has 0 saturated carbocycles. The SMILES string of the molecule is CCCCCCCCCCCCOc1ccc(Oc2c3c(=O)oc(=O)c3c(Oc3ccc(OCCCCCCCCCCCC)cc3)c3c(=O)oc(=O)c23)cc1. The molecule has 56 heavy (non-hydrogen) atoms. The summed E-state index contributed by atoms with van der Waals surface area (Å²) in [4.78, 5) is 52.2. The van der Waals surface area contributed by atoms with Crippen LogP contribution >= 0.6 is 0 Å². The Morgan fingerprint density at radius 2 is 0.607 bits per heavy atom. The summed E-state index contributed by atoms with van der Waals surface area (Å²) in [7, 11) is 0. The third-order valence-electron chi connectivity index (χ3n) is 10.2. The van der Waals surface area contributed by atoms with Crippen molar-refractivity contribution in [2.24, 2.45) is 0 Å². The Kier molecular flexibility index (Phi) is 17.1. The molecule has 0 atom stereocenters. The fourth-order valence-corrected chi connectivity index (χ4v) is 7.06. The average Bonchev–Trinajstić information content (AvgIpc) is 3.67. The minimum atomic E-state index is -1.04. The van der Waals surface area contributed by atoms with Gasteiger partial charge in [0.2, 0.25) is 0 Å². The molecule has 0 bridgehead atoms. The molecule has 10 nitrogen and oxygen atoms in total. The summed E-state index contributed by atoms with van der Waals surface area (Å²) in [5.74, 6) is 1.11. The van der Waals surface area contributed by atoms with Crippen LogP contribution in [0.1, 0.15) is 142 Å². The molecule has 0 radical (unpaired) electrons. The molecule has 0 fully saturated rings. The van der Waals surface area contributed by atoms with Gasteiger partial charge in [-0.2, -0.15) is 0 Å². The molecule has 10 heteroatoms. The molecule has 302 valence electrons. The third-order valence-corrected chi connectivity index (χ3v) is 10.2. The van der Waals surface area contributed by atoms with E-state index in [0.29, 0.717) is 24.7 Å². The highest BCUT2D eigenvalue weighted by Crippen LogP contribution is 2.42. The molecule has 0 aliphatic rings. The van der Waals surface area contributed by atoms with Crippen LogP contribution < -0.4 is 41.4 Å². The summed E-state index contributed by atoms with van der Waals surface area (Å²) < 4.78 is 33.8. The standard InChI is InChI=1S/C46H58O10/c1-3-5-7-9-11-13-15-17-19-21-31-51-33-23-27-35(28-24-33)53-41-37-39(45(49)55-43(37)47)42(40-38(41)44(48)56-46(40)50)54-36-29-25-34(26-30-36)52-32-22-20-18-16-14-12-10-8-6-4-2/h23-30H,3-22,31-32H2,1-2H3. The summed E-state index contributed by atoms with van der Waals surface area (Å²) in [5, 5.41) is -1.30. The molecule has 0 spiro atoms. The lowest BCUT2D eigenvalue weighted by Gasteiger charge is -2.12. The van der Waals surface area contributed by atoms with Crippen molar-refractivity contribution in [3.8, 4) is 34.5 Å². The summed E-state index contributed by atoms with van der Waals surface area (Å²) in [6, 6.07) is 13.3. The van der Waals surface area contributed by atoms with Crippen LogP contribution in [-0.2, 0) is 0 Å². The quantitative estimate of drug-likeness (QED) is 0.0453. The number of furan rings is 2. The maximum absolute atomic E-state index is 13.1. The van der Waals surface area contributed by atoms with Crippen LogP contribution in [0.4, 0.5) is 0 Å². The average molecular weight is 771 g/mol. The van der Waals surface area contributed by atoms with Crippen LogP contribution in [0.15, 0.2) is 76.5 Å². The van der Waals surface area contributed by atoms with Crippen LogP contribution in [-0.4, -0.2) is 13.2 Å². The van der Waals surface area contributed by atoms with Crippen LogP contribution in [0.25, 0.3) is 21.5 Å². The predicted molar refractivity (Wildman–Crippen MR) is 221 cm³/mol. The van der Waals surface area contributed by atoms with E-state index in [1.54, 1.807) is 48.5 Å². The molecule has 5 aromatic rings. The van der Waals surface area contributed by atoms with E-state index in [1.807, 2.05) is 0 Å². The van der Waals surface area contributed by atoms with Gasteiger partial charge in [0, 0.05) is 0 Å². The van der Waals surface area contributed by atoms with Gasteiger partial charge in [0.1, 0.15) is 44.5 Å². The van der Waals surface area contributed by atoms with E-state index in [9.17, 15) is 19.2 Å². The first-order valence-electron chi connectivity index (χ1n) is 21.0. The number of ether oxygens (including phenoxy) is 4. The van der Waals surface area contributed by atoms with Gasteiger partial charge in [-0.05, 0) is 61.4 Å². The highest BCUT2D eigenvalue weighted by atomic mass is 16.5. The summed E-state index contributed by atoms with van der Waals surface area (Å²) in [5.41, 5.74) is -4.14. The lowest BCUT2D eigenvalue weighted by Crippen LogP contribution is -2.03. The monoisotopic (exact) mass is 770 g/mol. The maximum atomic E-state index is 13.1. The molecule has 0 amide bonds. The van der Waals surface area contributed by atoms with Gasteiger partial charge in [0.15, 0.2) is 11.5 Å². The van der Waals surface area contributed by atoms with Crippen molar-refractivity contribution in [1.82, 2.24) is 0 Å². The van der Waals surface area contributed by atoms with Crippen molar-refractivity contribution in [3.63, 3.8) is 0 Å². The van der Waals surface area contributed by atoms with Gasteiger partial charge in [-0.15, -0.1) is 0 Å². The molecule has 2 aromatic heterocycles. The van der Waals surface area contributed by atoms with Gasteiger partial charge >= 0.3 is 22.5 Å². The number of hydrogen-bond donors (Lipinski definition) is 0. The van der Waals surface area contributed by atoms with Gasteiger partial charge < -0.3 is 27.8 Å². The number of unbranched alkanes of at least 4 members (excludes halogenated alkanes) is 18. The molecule has 3 aromatic carbocycles. The maximum Gasteiger partial charge on any atom is 0.350 e. The van der Waals surface area contributed by atoms with Gasteiger partial charge in [0.05, 0.1) is 13.2 Å². The Morgan fingerprint density at radius 3 is 0.893 bits per heavy atom. The number of fused-ring (bicyclic) bond motifs is 2. The van der Waals surface area contributed by atoms with Crippen molar-refractivity contribution in [1.29, 1.82) is 0 Å². The lowest BCUT2D eigenvalue weighted by molar-refractivity contribution is 0.303. The second kappa shape index (κ2) is 22.6. The third kappa shape index (κ3) is 12.1. The van der Waals surface area contributed by atoms with E-state index < -0.39 is 22.5 Å². The first kappa shape index (κ1) is 42.3. The van der Waals surface area contributed by atoms with Crippen molar-refractivity contribution >= 4 is 21.5 Å². The Hall–Kier alpha value is -4.86. The molecule has 0 saturated heterocycles. The minimum Gasteiger partial charge on any atom is -0.494 e. The Balaban J connectivity index is 1.19. The molecular formula is C46H58O10. The van der Waals surface area contributed by atoms with Crippen LogP contribution in [0.2, 0.25) is 0 Å². The van der Waals surface area contributed by atoms with Crippen molar-refractivity contribution in [2.45, 2.75) is 142 Å². The molecule has 0 N–H and O–H groups in total. The predicted octanol–water partition coefficient (Wildman–Crippen LogP) is 11.7. The zero-order valence-electron chi connectivity index (χ0n) is 33.3. The smallest absolute Gasteiger partial charge is 0.350 e. The minimum absolute atomic E-state index is 0.238. The summed E-state index contributed by atoms with van der Waals surface area (Å²) >= 11 is 0. The Morgan fingerprint density at radius 1 is 0.357 bits per heavy atom. The topological polar surface area (TPSA) is 131 Å². The number of hydrogen-bond acceptors (Lipinski definition) is 10. The van der Waals surface area contributed by atoms with Gasteiger partial charge in [0.25, 0.3) is 0 Å². The van der Waals surface area contributed by atoms with E-state index in [4.69, 9.17) is 27.8 Å². The van der Waals surface area contributed by atoms with E-state index in [2.05, 4.69) is 13.8 Å². The normalized spacial score (nSPS) is 11.5. The Labute approximate surface area is 328 Å². The first-order chi connectivity index (χ1) is 27.4. The van der Waals surface area contributed by atoms with Crippen LogP contribution in [0.5, 0.6) is 34.5 Å².